The van der Waals surface area contributed by atoms with Crippen molar-refractivity contribution in [3.8, 4) is 11.1 Å². The van der Waals surface area contributed by atoms with Crippen molar-refractivity contribution in [3.63, 3.8) is 0 Å². The quantitative estimate of drug-likeness (QED) is 0.398. The van der Waals surface area contributed by atoms with Gasteiger partial charge in [-0.1, -0.05) is 35.3 Å². The highest BCUT2D eigenvalue weighted by Gasteiger charge is 2.74. The lowest BCUT2D eigenvalue weighted by molar-refractivity contribution is -0.360. The maximum atomic E-state index is 13.9. The van der Waals surface area contributed by atoms with Crippen molar-refractivity contribution in [1.82, 2.24) is 4.98 Å². The van der Waals surface area contributed by atoms with Crippen LogP contribution < -0.4 is 0 Å². The lowest BCUT2D eigenvalue weighted by Gasteiger charge is -2.27. The monoisotopic (exact) mass is 443 g/mol. The van der Waals surface area contributed by atoms with Gasteiger partial charge in [0.15, 0.2) is 0 Å². The summed E-state index contributed by atoms with van der Waals surface area (Å²) in [7, 11) is 0. The van der Waals surface area contributed by atoms with Crippen LogP contribution >= 0.6 is 23.2 Å². The summed E-state index contributed by atoms with van der Waals surface area (Å²) in [6.07, 6.45) is -6.42. The van der Waals surface area contributed by atoms with Gasteiger partial charge in [0, 0.05) is 27.1 Å². The minimum atomic E-state index is -6.42. The van der Waals surface area contributed by atoms with E-state index in [4.69, 9.17) is 23.2 Å². The summed E-state index contributed by atoms with van der Waals surface area (Å²) in [4.78, 5) is 1.91. The van der Waals surface area contributed by atoms with Crippen LogP contribution in [0.15, 0.2) is 36.4 Å². The van der Waals surface area contributed by atoms with Crippen LogP contribution in [0.5, 0.6) is 0 Å². The molecule has 0 saturated heterocycles. The molecule has 1 heterocycles. The number of nitrogens with one attached hydrogen (secondary N) is 1. The van der Waals surface area contributed by atoms with Gasteiger partial charge in [-0.05, 0) is 36.8 Å². The van der Waals surface area contributed by atoms with Crippen LogP contribution in [0.2, 0.25) is 10.0 Å². The molecule has 0 fully saturated rings. The van der Waals surface area contributed by atoms with Crippen molar-refractivity contribution < 1.29 is 30.7 Å². The standard InChI is InChI=1S/C18H10Cl2F7N/c1-8-2-3-10(12(19)4-8)11-5-9-6-15(28-14(9)7-13(11)20)16(21,22)17(23,24)18(25,26)27/h2-7,28H,1H3. The van der Waals surface area contributed by atoms with Crippen LogP contribution in [0.4, 0.5) is 30.7 Å². The second kappa shape index (κ2) is 6.56. The van der Waals surface area contributed by atoms with E-state index >= 15 is 0 Å². The van der Waals surface area contributed by atoms with Crippen LogP contribution in [0, 0.1) is 6.92 Å². The Morgan fingerprint density at radius 2 is 1.39 bits per heavy atom. The molecule has 0 atom stereocenters. The third-order valence-electron chi connectivity index (χ3n) is 4.21. The van der Waals surface area contributed by atoms with E-state index in [0.29, 0.717) is 22.2 Å². The van der Waals surface area contributed by atoms with Crippen LogP contribution in [-0.4, -0.2) is 17.1 Å². The molecule has 3 rings (SSSR count). The number of aromatic amines is 1. The molecule has 0 spiro atoms. The highest BCUT2D eigenvalue weighted by molar-refractivity contribution is 6.37. The lowest BCUT2D eigenvalue weighted by atomic mass is 10.0. The molecular formula is C18H10Cl2F7N. The van der Waals surface area contributed by atoms with Gasteiger partial charge in [0.25, 0.3) is 0 Å². The predicted octanol–water partition coefficient (Wildman–Crippen LogP) is 7.74. The Kier molecular flexibility index (Phi) is 4.87. The van der Waals surface area contributed by atoms with Gasteiger partial charge in [-0.3, -0.25) is 0 Å². The van der Waals surface area contributed by atoms with Crippen molar-refractivity contribution in [3.05, 3.63) is 57.7 Å². The van der Waals surface area contributed by atoms with Gasteiger partial charge >= 0.3 is 18.0 Å². The summed E-state index contributed by atoms with van der Waals surface area (Å²) >= 11 is 12.3. The normalized spacial score (nSPS) is 13.4. The zero-order valence-electron chi connectivity index (χ0n) is 13.9. The van der Waals surface area contributed by atoms with Gasteiger partial charge in [-0.2, -0.15) is 30.7 Å². The number of fused-ring (bicyclic) bond motifs is 1. The van der Waals surface area contributed by atoms with Crippen LogP contribution in [0.3, 0.4) is 0 Å². The second-order valence-corrected chi connectivity index (χ2v) is 7.05. The largest absolute Gasteiger partial charge is 0.460 e. The molecule has 0 aliphatic heterocycles. The molecule has 10 heteroatoms. The molecular weight excluding hydrogens is 434 g/mol. The summed E-state index contributed by atoms with van der Waals surface area (Å²) in [5, 5.41) is 0.340. The number of halogens is 9. The lowest BCUT2D eigenvalue weighted by Crippen LogP contribution is -2.50. The molecule has 0 radical (unpaired) electrons. The number of H-pyrrole nitrogens is 1. The van der Waals surface area contributed by atoms with Crippen molar-refractivity contribution in [1.29, 1.82) is 0 Å². The van der Waals surface area contributed by atoms with E-state index in [1.807, 2.05) is 4.98 Å². The Bertz CT molecular complexity index is 1050. The van der Waals surface area contributed by atoms with Crippen LogP contribution in [-0.2, 0) is 5.92 Å². The summed E-state index contributed by atoms with van der Waals surface area (Å²) in [6, 6.07) is 7.98. The first-order valence-corrected chi connectivity index (χ1v) is 8.43. The molecule has 1 aromatic heterocycles. The summed E-state index contributed by atoms with van der Waals surface area (Å²) in [5.74, 6) is -11.8. The van der Waals surface area contributed by atoms with Crippen molar-refractivity contribution in [2.24, 2.45) is 0 Å². The molecule has 0 saturated carbocycles. The predicted molar refractivity (Wildman–Crippen MR) is 93.4 cm³/mol. The fourth-order valence-electron chi connectivity index (χ4n) is 2.72. The Morgan fingerprint density at radius 3 is 1.96 bits per heavy atom. The van der Waals surface area contributed by atoms with Crippen molar-refractivity contribution in [2.45, 2.75) is 24.9 Å². The molecule has 3 aromatic rings. The average Bonchev–Trinajstić information content (AvgIpc) is 2.96. The summed E-state index contributed by atoms with van der Waals surface area (Å²) in [5.41, 5.74) is -0.0773. The van der Waals surface area contributed by atoms with Gasteiger partial charge in [0.1, 0.15) is 0 Å². The summed E-state index contributed by atoms with van der Waals surface area (Å²) < 4.78 is 91.7. The number of alkyl halides is 7. The van der Waals surface area contributed by atoms with Crippen LogP contribution in [0.1, 0.15) is 11.3 Å². The maximum Gasteiger partial charge on any atom is 0.460 e. The van der Waals surface area contributed by atoms with E-state index in [2.05, 4.69) is 0 Å². The number of hydrogen-bond acceptors (Lipinski definition) is 0. The zero-order valence-corrected chi connectivity index (χ0v) is 15.4. The Morgan fingerprint density at radius 1 is 0.786 bits per heavy atom. The average molecular weight is 444 g/mol. The Labute approximate surface area is 164 Å². The van der Waals surface area contributed by atoms with Gasteiger partial charge < -0.3 is 4.98 Å². The fraction of sp³-hybridized carbons (Fsp3) is 0.222. The number of hydrogen-bond donors (Lipinski definition) is 1. The van der Waals surface area contributed by atoms with E-state index in [1.165, 1.54) is 6.07 Å². The molecule has 150 valence electrons. The van der Waals surface area contributed by atoms with Gasteiger partial charge in [0.2, 0.25) is 0 Å². The van der Waals surface area contributed by atoms with Gasteiger partial charge in [0.05, 0.1) is 10.7 Å². The Balaban J connectivity index is 2.15. The smallest absolute Gasteiger partial charge is 0.353 e. The zero-order chi connectivity index (χ0) is 21.1. The van der Waals surface area contributed by atoms with Crippen LogP contribution in [0.25, 0.3) is 22.0 Å². The number of aromatic nitrogens is 1. The van der Waals surface area contributed by atoms with E-state index in [0.717, 1.165) is 11.6 Å². The van der Waals surface area contributed by atoms with Gasteiger partial charge in [-0.25, -0.2) is 0 Å². The SMILES string of the molecule is Cc1ccc(-c2cc3cc(C(F)(F)C(F)(F)C(F)(F)F)[nH]c3cc2Cl)c(Cl)c1. The first-order chi connectivity index (χ1) is 12.8. The Hall–Kier alpha value is -1.93. The van der Waals surface area contributed by atoms with E-state index < -0.39 is 23.7 Å². The highest BCUT2D eigenvalue weighted by Crippen LogP contribution is 2.52. The fourth-order valence-corrected chi connectivity index (χ4v) is 3.32. The third-order valence-corrected chi connectivity index (χ3v) is 4.84. The maximum absolute atomic E-state index is 13.9. The van der Waals surface area contributed by atoms with Crippen molar-refractivity contribution >= 4 is 34.1 Å². The molecule has 0 unspecified atom stereocenters. The minimum absolute atomic E-state index is 0.0244. The highest BCUT2D eigenvalue weighted by atomic mass is 35.5. The van der Waals surface area contributed by atoms with Gasteiger partial charge in [-0.15, -0.1) is 0 Å². The molecule has 2 aromatic carbocycles. The molecule has 28 heavy (non-hydrogen) atoms. The molecule has 0 aliphatic rings. The first-order valence-electron chi connectivity index (χ1n) is 7.67. The number of aryl methyl sites for hydroxylation is 1. The second-order valence-electron chi connectivity index (χ2n) is 6.23. The van der Waals surface area contributed by atoms with E-state index in [1.54, 1.807) is 25.1 Å². The first kappa shape index (κ1) is 20.8. The van der Waals surface area contributed by atoms with Crippen molar-refractivity contribution in [2.75, 3.05) is 0 Å². The van der Waals surface area contributed by atoms with E-state index in [9.17, 15) is 30.7 Å². The topological polar surface area (TPSA) is 15.8 Å². The number of rotatable bonds is 3. The molecule has 0 bridgehead atoms. The molecule has 1 nitrogen and oxygen atoms in total. The summed E-state index contributed by atoms with van der Waals surface area (Å²) in [6.45, 7) is 1.79. The molecule has 0 amide bonds. The van der Waals surface area contributed by atoms with E-state index in [-0.39, 0.29) is 15.9 Å². The molecule has 0 aliphatic carbocycles. The minimum Gasteiger partial charge on any atom is -0.353 e. The molecule has 1 N–H and O–H groups in total. The third kappa shape index (κ3) is 3.22. The number of benzene rings is 2.